The number of ketones is 1. The molecule has 0 aliphatic rings. The maximum atomic E-state index is 11.1. The third kappa shape index (κ3) is 2.37. The normalized spacial score (nSPS) is 9.69. The fourth-order valence-electron chi connectivity index (χ4n) is 0.792. The zero-order valence-corrected chi connectivity index (χ0v) is 8.10. The summed E-state index contributed by atoms with van der Waals surface area (Å²) in [6, 6.07) is 3.22. The number of hydrogen-bond donors (Lipinski definition) is 1. The van der Waals surface area contributed by atoms with Crippen LogP contribution in [0, 0.1) is 0 Å². The molecule has 1 aromatic rings. The van der Waals surface area contributed by atoms with Gasteiger partial charge in [-0.15, -0.1) is 11.3 Å². The third-order valence-corrected chi connectivity index (χ3v) is 2.56. The van der Waals surface area contributed by atoms with Crippen molar-refractivity contribution in [2.24, 2.45) is 0 Å². The summed E-state index contributed by atoms with van der Waals surface area (Å²) in [6.45, 7) is 1.46. The van der Waals surface area contributed by atoms with Crippen molar-refractivity contribution in [3.8, 4) is 0 Å². The minimum Gasteiger partial charge on any atom is -0.294 e. The van der Waals surface area contributed by atoms with Crippen LogP contribution < -0.4 is 5.48 Å². The van der Waals surface area contributed by atoms with Gasteiger partial charge in [0.2, 0.25) is 0 Å². The van der Waals surface area contributed by atoms with Gasteiger partial charge in [0.25, 0.3) is 5.91 Å². The van der Waals surface area contributed by atoms with Crippen molar-refractivity contribution in [2.45, 2.75) is 6.92 Å². The average molecular weight is 199 g/mol. The Morgan fingerprint density at radius 1 is 1.38 bits per heavy atom. The SMILES string of the molecule is CONC(=O)c1ccc(C(C)=O)s1. The summed E-state index contributed by atoms with van der Waals surface area (Å²) in [5.41, 5.74) is 2.17. The van der Waals surface area contributed by atoms with Gasteiger partial charge in [0.05, 0.1) is 16.9 Å². The molecule has 70 valence electrons. The van der Waals surface area contributed by atoms with Crippen LogP contribution in [0.1, 0.15) is 26.3 Å². The molecular weight excluding hydrogens is 190 g/mol. The molecule has 0 aromatic carbocycles. The number of hydrogen-bond acceptors (Lipinski definition) is 4. The second-order valence-electron chi connectivity index (χ2n) is 2.36. The first-order valence-corrected chi connectivity index (χ1v) is 4.41. The largest absolute Gasteiger partial charge is 0.294 e. The lowest BCUT2D eigenvalue weighted by molar-refractivity contribution is 0.0542. The molecule has 1 aromatic heterocycles. The summed E-state index contributed by atoms with van der Waals surface area (Å²) >= 11 is 1.15. The van der Waals surface area contributed by atoms with E-state index in [-0.39, 0.29) is 11.7 Å². The lowest BCUT2D eigenvalue weighted by atomic mass is 10.3. The number of hydroxylamine groups is 1. The number of carbonyl (C=O) groups is 2. The summed E-state index contributed by atoms with van der Waals surface area (Å²) in [5.74, 6) is -0.374. The maximum absolute atomic E-state index is 11.1. The Bertz CT molecular complexity index is 332. The molecule has 0 bridgehead atoms. The summed E-state index contributed by atoms with van der Waals surface area (Å²) in [7, 11) is 1.36. The monoisotopic (exact) mass is 199 g/mol. The van der Waals surface area contributed by atoms with Crippen LogP contribution in [0.3, 0.4) is 0 Å². The van der Waals surface area contributed by atoms with E-state index in [4.69, 9.17) is 0 Å². The van der Waals surface area contributed by atoms with Crippen LogP contribution in [-0.2, 0) is 4.84 Å². The predicted molar refractivity (Wildman–Crippen MR) is 48.8 cm³/mol. The van der Waals surface area contributed by atoms with Gasteiger partial charge in [-0.2, -0.15) is 0 Å². The molecule has 0 unspecified atom stereocenters. The Balaban J connectivity index is 2.79. The zero-order chi connectivity index (χ0) is 9.84. The second kappa shape index (κ2) is 4.15. The van der Waals surface area contributed by atoms with E-state index < -0.39 is 0 Å². The Morgan fingerprint density at radius 2 is 2.00 bits per heavy atom. The molecule has 0 saturated carbocycles. The van der Waals surface area contributed by atoms with Crippen molar-refractivity contribution < 1.29 is 14.4 Å². The highest BCUT2D eigenvalue weighted by atomic mass is 32.1. The molecule has 1 amide bonds. The molecule has 0 aliphatic carbocycles. The Hall–Kier alpha value is -1.20. The summed E-state index contributed by atoms with van der Waals surface area (Å²) in [6.07, 6.45) is 0. The van der Waals surface area contributed by atoms with E-state index in [1.165, 1.54) is 14.0 Å². The van der Waals surface area contributed by atoms with E-state index in [1.807, 2.05) is 0 Å². The van der Waals surface area contributed by atoms with Gasteiger partial charge >= 0.3 is 0 Å². The van der Waals surface area contributed by atoms with E-state index in [0.717, 1.165) is 11.3 Å². The Kier molecular flexibility index (Phi) is 3.16. The van der Waals surface area contributed by atoms with Gasteiger partial charge in [-0.25, -0.2) is 5.48 Å². The second-order valence-corrected chi connectivity index (χ2v) is 3.44. The van der Waals surface area contributed by atoms with Crippen molar-refractivity contribution >= 4 is 23.0 Å². The van der Waals surface area contributed by atoms with Crippen LogP contribution in [0.25, 0.3) is 0 Å². The van der Waals surface area contributed by atoms with Crippen molar-refractivity contribution in [1.82, 2.24) is 5.48 Å². The molecule has 0 saturated heterocycles. The van der Waals surface area contributed by atoms with Gasteiger partial charge in [-0.3, -0.25) is 14.4 Å². The lowest BCUT2D eigenvalue weighted by Crippen LogP contribution is -2.20. The standard InChI is InChI=1S/C8H9NO3S/c1-5(10)6-3-4-7(13-6)8(11)9-12-2/h3-4H,1-2H3,(H,9,11). The molecule has 0 fully saturated rings. The number of carbonyl (C=O) groups excluding carboxylic acids is 2. The van der Waals surface area contributed by atoms with Gasteiger partial charge in [0.15, 0.2) is 5.78 Å². The van der Waals surface area contributed by atoms with Gasteiger partial charge in [0, 0.05) is 0 Å². The fourth-order valence-corrected chi connectivity index (χ4v) is 1.58. The van der Waals surface area contributed by atoms with E-state index in [0.29, 0.717) is 9.75 Å². The highest BCUT2D eigenvalue weighted by molar-refractivity contribution is 7.15. The minimum atomic E-state index is -0.333. The van der Waals surface area contributed by atoms with Crippen LogP contribution in [0.4, 0.5) is 0 Å². The molecule has 0 radical (unpaired) electrons. The number of thiophene rings is 1. The van der Waals surface area contributed by atoms with Crippen LogP contribution in [0.5, 0.6) is 0 Å². The smallest absolute Gasteiger partial charge is 0.284 e. The van der Waals surface area contributed by atoms with Crippen molar-refractivity contribution in [3.63, 3.8) is 0 Å². The van der Waals surface area contributed by atoms with Gasteiger partial charge in [0.1, 0.15) is 0 Å². The first kappa shape index (κ1) is 9.88. The first-order valence-electron chi connectivity index (χ1n) is 3.59. The molecule has 5 heteroatoms. The number of nitrogens with one attached hydrogen (secondary N) is 1. The van der Waals surface area contributed by atoms with Crippen molar-refractivity contribution in [3.05, 3.63) is 21.9 Å². The fraction of sp³-hybridized carbons (Fsp3) is 0.250. The molecule has 1 N–H and O–H groups in total. The minimum absolute atomic E-state index is 0.0403. The Labute approximate surface area is 79.5 Å². The number of Topliss-reactive ketones (excluding diaryl/α,β-unsaturated/α-hetero) is 1. The molecule has 4 nitrogen and oxygen atoms in total. The topological polar surface area (TPSA) is 55.4 Å². The van der Waals surface area contributed by atoms with E-state index in [2.05, 4.69) is 10.3 Å². The quantitative estimate of drug-likeness (QED) is 0.588. The van der Waals surface area contributed by atoms with Crippen molar-refractivity contribution in [2.75, 3.05) is 7.11 Å². The van der Waals surface area contributed by atoms with E-state index >= 15 is 0 Å². The highest BCUT2D eigenvalue weighted by Gasteiger charge is 2.10. The maximum Gasteiger partial charge on any atom is 0.284 e. The molecule has 0 aliphatic heterocycles. The molecule has 1 rings (SSSR count). The van der Waals surface area contributed by atoms with Crippen molar-refractivity contribution in [1.29, 1.82) is 0 Å². The number of rotatable bonds is 3. The summed E-state index contributed by atoms with van der Waals surface area (Å²) < 4.78 is 0. The van der Waals surface area contributed by atoms with Crippen LogP contribution >= 0.6 is 11.3 Å². The Morgan fingerprint density at radius 3 is 2.46 bits per heavy atom. The van der Waals surface area contributed by atoms with Gasteiger partial charge < -0.3 is 0 Å². The van der Waals surface area contributed by atoms with Gasteiger partial charge in [-0.05, 0) is 19.1 Å². The third-order valence-electron chi connectivity index (χ3n) is 1.37. The number of amides is 1. The lowest BCUT2D eigenvalue weighted by Gasteiger charge is -1.96. The van der Waals surface area contributed by atoms with Crippen LogP contribution in [-0.4, -0.2) is 18.8 Å². The summed E-state index contributed by atoms with van der Waals surface area (Å²) in [5, 5.41) is 0. The van der Waals surface area contributed by atoms with E-state index in [1.54, 1.807) is 12.1 Å². The molecule has 13 heavy (non-hydrogen) atoms. The molecule has 0 atom stereocenters. The van der Waals surface area contributed by atoms with E-state index in [9.17, 15) is 9.59 Å². The average Bonchev–Trinajstić information content (AvgIpc) is 2.52. The van der Waals surface area contributed by atoms with Gasteiger partial charge in [-0.1, -0.05) is 0 Å². The zero-order valence-electron chi connectivity index (χ0n) is 7.29. The predicted octanol–water partition coefficient (Wildman–Crippen LogP) is 1.24. The summed E-state index contributed by atoms with van der Waals surface area (Å²) in [4.78, 5) is 27.5. The highest BCUT2D eigenvalue weighted by Crippen LogP contribution is 2.16. The van der Waals surface area contributed by atoms with Crippen LogP contribution in [0.15, 0.2) is 12.1 Å². The molecule has 0 spiro atoms. The molecule has 1 heterocycles. The molecular formula is C8H9NO3S. The first-order chi connectivity index (χ1) is 6.15. The van der Waals surface area contributed by atoms with Crippen LogP contribution in [0.2, 0.25) is 0 Å².